The molecule has 1 aromatic carbocycles. The first-order valence-electron chi connectivity index (χ1n) is 7.83. The molecule has 2 aliphatic rings. The highest BCUT2D eigenvalue weighted by atomic mass is 35.5. The van der Waals surface area contributed by atoms with Crippen LogP contribution in [0.5, 0.6) is 5.88 Å². The van der Waals surface area contributed by atoms with Crippen molar-refractivity contribution >= 4 is 17.5 Å². The summed E-state index contributed by atoms with van der Waals surface area (Å²) >= 11 is 5.97. The van der Waals surface area contributed by atoms with Crippen LogP contribution in [0.15, 0.2) is 24.3 Å². The molecule has 4 rings (SSSR count). The Labute approximate surface area is 139 Å². The fourth-order valence-electron chi connectivity index (χ4n) is 3.33. The van der Waals surface area contributed by atoms with Crippen molar-refractivity contribution in [3.8, 4) is 17.0 Å². The highest BCUT2D eigenvalue weighted by Gasteiger charge is 2.47. The zero-order valence-electron chi connectivity index (χ0n) is 12.9. The number of aromatic nitrogens is 2. The quantitative estimate of drug-likeness (QED) is 0.938. The van der Waals surface area contributed by atoms with Gasteiger partial charge in [0.2, 0.25) is 5.88 Å². The van der Waals surface area contributed by atoms with Crippen molar-refractivity contribution in [1.82, 2.24) is 9.78 Å². The summed E-state index contributed by atoms with van der Waals surface area (Å²) in [4.78, 5) is 11.9. The van der Waals surface area contributed by atoms with Gasteiger partial charge < -0.3 is 10.5 Å². The molecule has 1 saturated carbocycles. The SMILES string of the molecule is CC1(C2CC2)CCn2nc(C(N)=O)c(-c3ccc(Cl)cc3)c2O1. The van der Waals surface area contributed by atoms with Crippen molar-refractivity contribution in [2.75, 3.05) is 0 Å². The number of carbonyl (C=O) groups is 1. The maximum atomic E-state index is 11.9. The van der Waals surface area contributed by atoms with E-state index in [9.17, 15) is 4.79 Å². The van der Waals surface area contributed by atoms with Crippen molar-refractivity contribution in [3.63, 3.8) is 0 Å². The molecule has 2 aromatic rings. The zero-order chi connectivity index (χ0) is 16.2. The van der Waals surface area contributed by atoms with Gasteiger partial charge in [0.1, 0.15) is 5.60 Å². The third-order valence-corrected chi connectivity index (χ3v) is 5.11. The predicted molar refractivity (Wildman–Crippen MR) is 87.6 cm³/mol. The molecule has 5 nitrogen and oxygen atoms in total. The van der Waals surface area contributed by atoms with E-state index in [1.807, 2.05) is 12.1 Å². The first-order chi connectivity index (χ1) is 11.0. The number of fused-ring (bicyclic) bond motifs is 1. The molecule has 1 fully saturated rings. The van der Waals surface area contributed by atoms with Gasteiger partial charge in [-0.3, -0.25) is 4.79 Å². The predicted octanol–water partition coefficient (Wildman–Crippen LogP) is 3.25. The van der Waals surface area contributed by atoms with E-state index in [2.05, 4.69) is 12.0 Å². The summed E-state index contributed by atoms with van der Waals surface area (Å²) in [5.74, 6) is 0.677. The topological polar surface area (TPSA) is 70.1 Å². The van der Waals surface area contributed by atoms with Crippen LogP contribution in [0.25, 0.3) is 11.1 Å². The Morgan fingerprint density at radius 1 is 1.39 bits per heavy atom. The lowest BCUT2D eigenvalue weighted by Gasteiger charge is -2.35. The first-order valence-corrected chi connectivity index (χ1v) is 8.21. The average Bonchev–Trinajstić information content (AvgIpc) is 3.31. The molecule has 1 unspecified atom stereocenters. The lowest BCUT2D eigenvalue weighted by atomic mass is 9.94. The van der Waals surface area contributed by atoms with E-state index in [4.69, 9.17) is 22.1 Å². The van der Waals surface area contributed by atoms with E-state index < -0.39 is 5.91 Å². The summed E-state index contributed by atoms with van der Waals surface area (Å²) in [6.45, 7) is 2.88. The zero-order valence-corrected chi connectivity index (χ0v) is 13.6. The third-order valence-electron chi connectivity index (χ3n) is 4.86. The van der Waals surface area contributed by atoms with Gasteiger partial charge >= 0.3 is 0 Å². The average molecular weight is 332 g/mol. The van der Waals surface area contributed by atoms with E-state index >= 15 is 0 Å². The Bertz CT molecular complexity index is 780. The van der Waals surface area contributed by atoms with Crippen molar-refractivity contribution in [2.45, 2.75) is 38.3 Å². The number of hydrogen-bond acceptors (Lipinski definition) is 3. The number of nitrogens with zero attached hydrogens (tertiary/aromatic N) is 2. The molecule has 23 heavy (non-hydrogen) atoms. The van der Waals surface area contributed by atoms with Crippen molar-refractivity contribution in [3.05, 3.63) is 35.0 Å². The standard InChI is InChI=1S/C17H18ClN3O2/c1-17(11-4-5-11)8-9-21-16(23-17)13(14(20-21)15(19)22)10-2-6-12(18)7-3-10/h2-3,6-7,11H,4-5,8-9H2,1H3,(H2,19,22). The number of ether oxygens (including phenoxy) is 1. The van der Waals surface area contributed by atoms with Gasteiger partial charge in [-0.15, -0.1) is 0 Å². The summed E-state index contributed by atoms with van der Waals surface area (Å²) in [6.07, 6.45) is 3.29. The molecule has 2 N–H and O–H groups in total. The van der Waals surface area contributed by atoms with Crippen LogP contribution < -0.4 is 10.5 Å². The van der Waals surface area contributed by atoms with Crippen molar-refractivity contribution in [1.29, 1.82) is 0 Å². The summed E-state index contributed by atoms with van der Waals surface area (Å²) < 4.78 is 8.11. The van der Waals surface area contributed by atoms with E-state index in [-0.39, 0.29) is 11.3 Å². The normalized spacial score (nSPS) is 23.2. The number of aryl methyl sites for hydroxylation is 1. The van der Waals surface area contributed by atoms with Crippen LogP contribution in [-0.2, 0) is 6.54 Å². The molecule has 1 aliphatic heterocycles. The van der Waals surface area contributed by atoms with Crippen LogP contribution in [0.1, 0.15) is 36.7 Å². The molecule has 2 heterocycles. The molecule has 0 saturated heterocycles. The second kappa shape index (κ2) is 4.99. The molecular formula is C17H18ClN3O2. The number of nitrogens with two attached hydrogens (primary N) is 1. The van der Waals surface area contributed by atoms with Crippen LogP contribution >= 0.6 is 11.6 Å². The van der Waals surface area contributed by atoms with E-state index in [1.54, 1.807) is 16.8 Å². The number of primary amides is 1. The van der Waals surface area contributed by atoms with Gasteiger partial charge in [-0.2, -0.15) is 5.10 Å². The number of benzene rings is 1. The minimum atomic E-state index is -0.548. The highest BCUT2D eigenvalue weighted by Crippen LogP contribution is 2.48. The second-order valence-corrected chi connectivity index (χ2v) is 7.00. The van der Waals surface area contributed by atoms with Crippen LogP contribution in [0.2, 0.25) is 5.02 Å². The fourth-order valence-corrected chi connectivity index (χ4v) is 3.46. The molecule has 0 bridgehead atoms. The number of carbonyl (C=O) groups excluding carboxylic acids is 1. The molecule has 1 amide bonds. The lowest BCUT2D eigenvalue weighted by Crippen LogP contribution is -2.40. The summed E-state index contributed by atoms with van der Waals surface area (Å²) in [6, 6.07) is 7.29. The first kappa shape index (κ1) is 14.6. The fraction of sp³-hybridized carbons (Fsp3) is 0.412. The molecule has 6 heteroatoms. The van der Waals surface area contributed by atoms with Crippen LogP contribution in [0.4, 0.5) is 0 Å². The van der Waals surface area contributed by atoms with Gasteiger partial charge in [-0.1, -0.05) is 23.7 Å². The Kier molecular flexibility index (Phi) is 3.17. The van der Waals surface area contributed by atoms with Crippen LogP contribution in [0, 0.1) is 5.92 Å². The molecule has 120 valence electrons. The van der Waals surface area contributed by atoms with Crippen LogP contribution in [-0.4, -0.2) is 21.3 Å². The highest BCUT2D eigenvalue weighted by molar-refractivity contribution is 6.30. The largest absolute Gasteiger partial charge is 0.471 e. The Morgan fingerprint density at radius 3 is 2.70 bits per heavy atom. The molecule has 0 radical (unpaired) electrons. The molecule has 1 aliphatic carbocycles. The Hall–Kier alpha value is -2.01. The van der Waals surface area contributed by atoms with E-state index in [1.165, 1.54) is 12.8 Å². The number of amides is 1. The van der Waals surface area contributed by atoms with Crippen LogP contribution in [0.3, 0.4) is 0 Å². The maximum Gasteiger partial charge on any atom is 0.270 e. The minimum Gasteiger partial charge on any atom is -0.471 e. The molecular weight excluding hydrogens is 314 g/mol. The van der Waals surface area contributed by atoms with E-state index in [0.717, 1.165) is 18.5 Å². The number of rotatable bonds is 3. The molecule has 1 atom stereocenters. The number of halogens is 1. The second-order valence-electron chi connectivity index (χ2n) is 6.56. The summed E-state index contributed by atoms with van der Waals surface area (Å²) in [5.41, 5.74) is 7.11. The Balaban J connectivity index is 1.85. The van der Waals surface area contributed by atoms with Gasteiger partial charge in [-0.05, 0) is 43.4 Å². The Morgan fingerprint density at radius 2 is 2.09 bits per heavy atom. The van der Waals surface area contributed by atoms with Gasteiger partial charge in [0.25, 0.3) is 5.91 Å². The minimum absolute atomic E-state index is 0.188. The summed E-state index contributed by atoms with van der Waals surface area (Å²) in [5, 5.41) is 5.02. The van der Waals surface area contributed by atoms with Gasteiger partial charge in [0.15, 0.2) is 5.69 Å². The molecule has 0 spiro atoms. The monoisotopic (exact) mass is 331 g/mol. The smallest absolute Gasteiger partial charge is 0.270 e. The molecule has 1 aromatic heterocycles. The third kappa shape index (κ3) is 2.39. The van der Waals surface area contributed by atoms with Gasteiger partial charge in [0.05, 0.1) is 5.56 Å². The number of hydrogen-bond donors (Lipinski definition) is 1. The van der Waals surface area contributed by atoms with E-state index in [0.29, 0.717) is 22.4 Å². The van der Waals surface area contributed by atoms with Crippen molar-refractivity contribution < 1.29 is 9.53 Å². The van der Waals surface area contributed by atoms with Gasteiger partial charge in [0, 0.05) is 18.0 Å². The maximum absolute atomic E-state index is 11.9. The van der Waals surface area contributed by atoms with Crippen molar-refractivity contribution in [2.24, 2.45) is 11.7 Å². The summed E-state index contributed by atoms with van der Waals surface area (Å²) in [7, 11) is 0. The van der Waals surface area contributed by atoms with Gasteiger partial charge in [-0.25, -0.2) is 4.68 Å². The lowest BCUT2D eigenvalue weighted by molar-refractivity contribution is 0.0168.